The summed E-state index contributed by atoms with van der Waals surface area (Å²) in [6.45, 7) is 2.17. The average Bonchev–Trinajstić information content (AvgIpc) is 2.77. The van der Waals surface area contributed by atoms with Crippen LogP contribution in [0, 0.1) is 29.4 Å². The zero-order chi connectivity index (χ0) is 23.8. The number of alkyl halides is 3. The lowest BCUT2D eigenvalue weighted by Crippen LogP contribution is -2.18. The van der Waals surface area contributed by atoms with E-state index in [-0.39, 0.29) is 5.92 Å². The second kappa shape index (κ2) is 12.4. The van der Waals surface area contributed by atoms with Crippen LogP contribution in [0.2, 0.25) is 0 Å². The van der Waals surface area contributed by atoms with Crippen LogP contribution >= 0.6 is 0 Å². The Balaban J connectivity index is 1.36. The third-order valence-electron chi connectivity index (χ3n) is 8.00. The molecule has 186 valence electrons. The molecule has 0 amide bonds. The van der Waals surface area contributed by atoms with E-state index in [1.807, 2.05) is 0 Å². The molecule has 2 fully saturated rings. The molecule has 2 saturated carbocycles. The van der Waals surface area contributed by atoms with E-state index in [2.05, 4.69) is 19.1 Å². The van der Waals surface area contributed by atoms with Crippen LogP contribution in [0.1, 0.15) is 114 Å². The second-order valence-corrected chi connectivity index (χ2v) is 10.3. The molecule has 2 aliphatic carbocycles. The Morgan fingerprint density at radius 3 is 1.73 bits per heavy atom. The first-order valence-corrected chi connectivity index (χ1v) is 13.0. The molecule has 0 atom stereocenters. The quantitative estimate of drug-likeness (QED) is 0.191. The highest BCUT2D eigenvalue weighted by atomic mass is 19.4. The van der Waals surface area contributed by atoms with Gasteiger partial charge in [0.1, 0.15) is 17.2 Å². The van der Waals surface area contributed by atoms with Gasteiger partial charge in [-0.05, 0) is 86.3 Å². The van der Waals surface area contributed by atoms with Crippen LogP contribution in [-0.4, -0.2) is 0 Å². The zero-order valence-corrected chi connectivity index (χ0v) is 19.9. The van der Waals surface area contributed by atoms with Gasteiger partial charge < -0.3 is 0 Å². The number of hydrogen-bond acceptors (Lipinski definition) is 0. The molecule has 0 N–H and O–H groups in total. The highest BCUT2D eigenvalue weighted by molar-refractivity contribution is 5.30. The van der Waals surface area contributed by atoms with Gasteiger partial charge >= 0.3 is 6.18 Å². The number of rotatable bonds is 9. The molecule has 0 unspecified atom stereocenters. The number of halogens is 5. The molecule has 0 aromatic heterocycles. The van der Waals surface area contributed by atoms with E-state index in [4.69, 9.17) is 0 Å². The van der Waals surface area contributed by atoms with Crippen molar-refractivity contribution in [3.05, 3.63) is 47.0 Å². The van der Waals surface area contributed by atoms with Crippen LogP contribution in [0.25, 0.3) is 0 Å². The van der Waals surface area contributed by atoms with Crippen LogP contribution < -0.4 is 0 Å². The highest BCUT2D eigenvalue weighted by Gasteiger charge is 2.38. The Labute approximate surface area is 196 Å². The number of hydrogen-bond donors (Lipinski definition) is 0. The smallest absolute Gasteiger partial charge is 0.206 e. The predicted octanol–water partition coefficient (Wildman–Crippen LogP) is 9.98. The van der Waals surface area contributed by atoms with Gasteiger partial charge in [-0.3, -0.25) is 0 Å². The van der Waals surface area contributed by atoms with Gasteiger partial charge in [0.25, 0.3) is 0 Å². The first kappa shape index (κ1) is 26.2. The first-order valence-electron chi connectivity index (χ1n) is 13.0. The van der Waals surface area contributed by atoms with Crippen molar-refractivity contribution in [3.8, 4) is 0 Å². The zero-order valence-electron chi connectivity index (χ0n) is 19.9. The standard InChI is InChI=1S/C28H39F5/c1-2-3-4-5-6-7-20-8-10-21(11-9-20)12-13-22-14-16-23(17-15-22)24-18-25(29)27(26(30)19-24)28(31,32)33/h3-4,18-23H,2,5-17H2,1H3/b4-3+/t20-,21-,22-,23-. The predicted molar refractivity (Wildman–Crippen MR) is 124 cm³/mol. The summed E-state index contributed by atoms with van der Waals surface area (Å²) in [5, 5.41) is 0. The molecule has 0 aliphatic heterocycles. The molecule has 1 aromatic rings. The van der Waals surface area contributed by atoms with E-state index in [9.17, 15) is 22.0 Å². The molecule has 0 spiro atoms. The highest BCUT2D eigenvalue weighted by Crippen LogP contribution is 2.42. The van der Waals surface area contributed by atoms with Crippen LogP contribution in [0.3, 0.4) is 0 Å². The van der Waals surface area contributed by atoms with Gasteiger partial charge in [-0.2, -0.15) is 13.2 Å². The molecule has 1 aromatic carbocycles. The summed E-state index contributed by atoms with van der Waals surface area (Å²) in [6, 6.07) is 1.80. The fourth-order valence-corrected chi connectivity index (χ4v) is 5.97. The van der Waals surface area contributed by atoms with Gasteiger partial charge in [0.2, 0.25) is 0 Å². The van der Waals surface area contributed by atoms with Gasteiger partial charge in [-0.25, -0.2) is 8.78 Å². The van der Waals surface area contributed by atoms with E-state index in [0.29, 0.717) is 11.5 Å². The van der Waals surface area contributed by atoms with E-state index >= 15 is 0 Å². The Morgan fingerprint density at radius 2 is 1.24 bits per heavy atom. The van der Waals surface area contributed by atoms with Crippen molar-refractivity contribution in [2.75, 3.05) is 0 Å². The monoisotopic (exact) mass is 470 g/mol. The molecule has 0 saturated heterocycles. The van der Waals surface area contributed by atoms with Crippen molar-refractivity contribution < 1.29 is 22.0 Å². The number of unbranched alkanes of at least 4 members (excludes halogenated alkanes) is 1. The van der Waals surface area contributed by atoms with Gasteiger partial charge in [-0.1, -0.05) is 64.0 Å². The fourth-order valence-electron chi connectivity index (χ4n) is 5.97. The summed E-state index contributed by atoms with van der Waals surface area (Å²) in [4.78, 5) is 0. The van der Waals surface area contributed by atoms with Crippen molar-refractivity contribution in [1.82, 2.24) is 0 Å². The van der Waals surface area contributed by atoms with Crippen molar-refractivity contribution in [2.24, 2.45) is 17.8 Å². The third kappa shape index (κ3) is 7.82. The summed E-state index contributed by atoms with van der Waals surface area (Å²) in [7, 11) is 0. The first-order chi connectivity index (χ1) is 15.8. The van der Waals surface area contributed by atoms with Crippen LogP contribution in [-0.2, 0) is 6.18 Å². The van der Waals surface area contributed by atoms with Crippen LogP contribution in [0.15, 0.2) is 24.3 Å². The van der Waals surface area contributed by atoms with E-state index in [1.54, 1.807) is 0 Å². The van der Waals surface area contributed by atoms with E-state index in [1.165, 1.54) is 57.8 Å². The minimum Gasteiger partial charge on any atom is -0.206 e. The Hall–Kier alpha value is -1.39. The van der Waals surface area contributed by atoms with E-state index in [0.717, 1.165) is 56.1 Å². The molecular weight excluding hydrogens is 431 g/mol. The molecule has 0 radical (unpaired) electrons. The van der Waals surface area contributed by atoms with Crippen molar-refractivity contribution in [1.29, 1.82) is 0 Å². The summed E-state index contributed by atoms with van der Waals surface area (Å²) in [5.41, 5.74) is -1.40. The third-order valence-corrected chi connectivity index (χ3v) is 8.00. The normalized spacial score (nSPS) is 26.7. The summed E-state index contributed by atoms with van der Waals surface area (Å²) in [5.74, 6) is -0.669. The van der Waals surface area contributed by atoms with Gasteiger partial charge in [0.15, 0.2) is 0 Å². The molecule has 2 aliphatic rings. The summed E-state index contributed by atoms with van der Waals surface area (Å²) < 4.78 is 66.3. The fraction of sp³-hybridized carbons (Fsp3) is 0.714. The maximum atomic E-state index is 13.9. The van der Waals surface area contributed by atoms with Crippen molar-refractivity contribution >= 4 is 0 Å². The average molecular weight is 471 g/mol. The van der Waals surface area contributed by atoms with Crippen LogP contribution in [0.4, 0.5) is 22.0 Å². The molecule has 0 nitrogen and oxygen atoms in total. The second-order valence-electron chi connectivity index (χ2n) is 10.3. The number of allylic oxidation sites excluding steroid dienone is 2. The Morgan fingerprint density at radius 1 is 0.758 bits per heavy atom. The van der Waals surface area contributed by atoms with Gasteiger partial charge in [0, 0.05) is 0 Å². The van der Waals surface area contributed by atoms with Crippen LogP contribution in [0.5, 0.6) is 0 Å². The summed E-state index contributed by atoms with van der Waals surface area (Å²) in [6.07, 6.45) is 16.0. The maximum absolute atomic E-state index is 13.9. The SMILES string of the molecule is CC/C=C/CCC[C@H]1CC[C@H](CC[C@H]2CC[C@H](c3cc(F)c(C(F)(F)F)c(F)c3)CC2)CC1. The van der Waals surface area contributed by atoms with Gasteiger partial charge in [0.05, 0.1) is 0 Å². The molecule has 5 heteroatoms. The lowest BCUT2D eigenvalue weighted by molar-refractivity contribution is -0.142. The molecular formula is C28H39F5. The minimum atomic E-state index is -5.00. The Kier molecular flexibility index (Phi) is 9.81. The Bertz CT molecular complexity index is 727. The molecule has 33 heavy (non-hydrogen) atoms. The van der Waals surface area contributed by atoms with E-state index < -0.39 is 23.4 Å². The molecule has 0 bridgehead atoms. The number of benzene rings is 1. The molecule has 3 rings (SSSR count). The van der Waals surface area contributed by atoms with Crippen molar-refractivity contribution in [2.45, 2.75) is 109 Å². The topological polar surface area (TPSA) is 0 Å². The lowest BCUT2D eigenvalue weighted by Gasteiger charge is -2.32. The summed E-state index contributed by atoms with van der Waals surface area (Å²) >= 11 is 0. The largest absolute Gasteiger partial charge is 0.422 e. The van der Waals surface area contributed by atoms with Gasteiger partial charge in [-0.15, -0.1) is 0 Å². The lowest BCUT2D eigenvalue weighted by atomic mass is 9.74. The minimum absolute atomic E-state index is 0.0462. The molecule has 0 heterocycles. The maximum Gasteiger partial charge on any atom is 0.422 e. The van der Waals surface area contributed by atoms with Crippen molar-refractivity contribution in [3.63, 3.8) is 0 Å².